The summed E-state index contributed by atoms with van der Waals surface area (Å²) in [6.07, 6.45) is -0.329. The third-order valence-corrected chi connectivity index (χ3v) is 4.04. The van der Waals surface area contributed by atoms with Crippen LogP contribution >= 0.6 is 23.4 Å². The molecule has 0 saturated heterocycles. The Bertz CT molecular complexity index is 533. The van der Waals surface area contributed by atoms with Crippen LogP contribution in [0.1, 0.15) is 5.56 Å². The van der Waals surface area contributed by atoms with Gasteiger partial charge in [0.25, 0.3) is 0 Å². The highest BCUT2D eigenvalue weighted by Crippen LogP contribution is 2.21. The van der Waals surface area contributed by atoms with Gasteiger partial charge in [-0.25, -0.2) is 4.39 Å². The van der Waals surface area contributed by atoms with Crippen LogP contribution in [0.3, 0.4) is 0 Å². The summed E-state index contributed by atoms with van der Waals surface area (Å²) in [5, 5.41) is 10.4. The minimum absolute atomic E-state index is 0.270. The first kappa shape index (κ1) is 14.4. The fourth-order valence-corrected chi connectivity index (χ4v) is 2.77. The maximum absolute atomic E-state index is 13.5. The van der Waals surface area contributed by atoms with Gasteiger partial charge in [0.05, 0.1) is 6.10 Å². The topological polar surface area (TPSA) is 20.2 Å². The van der Waals surface area contributed by atoms with E-state index in [1.807, 2.05) is 30.3 Å². The smallest absolute Gasteiger partial charge is 0.126 e. The second-order valence-corrected chi connectivity index (χ2v) is 5.75. The van der Waals surface area contributed by atoms with Crippen molar-refractivity contribution in [3.05, 3.63) is 64.9 Å². The van der Waals surface area contributed by atoms with E-state index >= 15 is 0 Å². The molecule has 19 heavy (non-hydrogen) atoms. The summed E-state index contributed by atoms with van der Waals surface area (Å²) in [5.74, 6) is 0.198. The molecule has 0 radical (unpaired) electrons. The molecule has 0 aliphatic rings. The van der Waals surface area contributed by atoms with E-state index in [9.17, 15) is 9.50 Å². The van der Waals surface area contributed by atoms with E-state index in [2.05, 4.69) is 0 Å². The van der Waals surface area contributed by atoms with Gasteiger partial charge in [-0.15, -0.1) is 11.8 Å². The lowest BCUT2D eigenvalue weighted by molar-refractivity contribution is 0.198. The van der Waals surface area contributed by atoms with E-state index in [0.29, 0.717) is 16.3 Å². The molecule has 2 aromatic carbocycles. The highest BCUT2D eigenvalue weighted by molar-refractivity contribution is 7.99. The lowest BCUT2D eigenvalue weighted by Crippen LogP contribution is -2.14. The normalized spacial score (nSPS) is 12.4. The fraction of sp³-hybridized carbons (Fsp3) is 0.200. The van der Waals surface area contributed by atoms with Crippen LogP contribution in [-0.4, -0.2) is 17.0 Å². The summed E-state index contributed by atoms with van der Waals surface area (Å²) in [6, 6.07) is 14.2. The number of thioether (sulfide) groups is 1. The van der Waals surface area contributed by atoms with Crippen molar-refractivity contribution in [3.63, 3.8) is 0 Å². The quantitative estimate of drug-likeness (QED) is 0.836. The first-order chi connectivity index (χ1) is 9.15. The van der Waals surface area contributed by atoms with E-state index < -0.39 is 6.10 Å². The first-order valence-electron chi connectivity index (χ1n) is 5.95. The number of hydrogen-bond acceptors (Lipinski definition) is 2. The molecule has 0 aliphatic heterocycles. The standard InChI is InChI=1S/C15H14ClFOS/c16-12-6-7-15(17)11(8-12)9-13(18)10-19-14-4-2-1-3-5-14/h1-8,13,18H,9-10H2. The molecule has 0 bridgehead atoms. The molecule has 2 rings (SSSR count). The Morgan fingerprint density at radius 3 is 2.63 bits per heavy atom. The molecule has 0 heterocycles. The van der Waals surface area contributed by atoms with E-state index in [1.54, 1.807) is 17.8 Å². The minimum Gasteiger partial charge on any atom is -0.392 e. The Morgan fingerprint density at radius 2 is 1.89 bits per heavy atom. The van der Waals surface area contributed by atoms with Crippen molar-refractivity contribution >= 4 is 23.4 Å². The largest absolute Gasteiger partial charge is 0.392 e. The molecule has 4 heteroatoms. The molecule has 0 spiro atoms. The van der Waals surface area contributed by atoms with E-state index in [-0.39, 0.29) is 12.2 Å². The summed E-state index contributed by atoms with van der Waals surface area (Å²) >= 11 is 7.37. The molecular weight excluding hydrogens is 283 g/mol. The van der Waals surface area contributed by atoms with Crippen molar-refractivity contribution in [1.29, 1.82) is 0 Å². The zero-order valence-electron chi connectivity index (χ0n) is 10.2. The van der Waals surface area contributed by atoms with Gasteiger partial charge >= 0.3 is 0 Å². The molecule has 0 aromatic heterocycles. The number of halogens is 2. The average molecular weight is 297 g/mol. The van der Waals surface area contributed by atoms with Crippen molar-refractivity contribution < 1.29 is 9.50 Å². The summed E-state index contributed by atoms with van der Waals surface area (Å²) in [4.78, 5) is 1.09. The predicted molar refractivity (Wildman–Crippen MR) is 78.3 cm³/mol. The first-order valence-corrected chi connectivity index (χ1v) is 7.31. The molecule has 100 valence electrons. The zero-order valence-corrected chi connectivity index (χ0v) is 11.8. The van der Waals surface area contributed by atoms with Crippen LogP contribution < -0.4 is 0 Å². The molecular formula is C15H14ClFOS. The fourth-order valence-electron chi connectivity index (χ4n) is 1.72. The van der Waals surface area contributed by atoms with Crippen LogP contribution in [0.15, 0.2) is 53.4 Å². The van der Waals surface area contributed by atoms with Gasteiger partial charge in [0.2, 0.25) is 0 Å². The van der Waals surface area contributed by atoms with Gasteiger partial charge in [0.1, 0.15) is 5.82 Å². The van der Waals surface area contributed by atoms with Gasteiger partial charge in [0.15, 0.2) is 0 Å². The van der Waals surface area contributed by atoms with Crippen LogP contribution in [0.5, 0.6) is 0 Å². The van der Waals surface area contributed by atoms with Crippen LogP contribution in [0.4, 0.5) is 4.39 Å². The highest BCUT2D eigenvalue weighted by atomic mass is 35.5. The second-order valence-electron chi connectivity index (χ2n) is 4.22. The maximum atomic E-state index is 13.5. The molecule has 2 aromatic rings. The third-order valence-electron chi connectivity index (χ3n) is 2.65. The van der Waals surface area contributed by atoms with Gasteiger partial charge in [-0.1, -0.05) is 29.8 Å². The number of hydrogen-bond donors (Lipinski definition) is 1. The SMILES string of the molecule is OC(CSc1ccccc1)Cc1cc(Cl)ccc1F. The number of benzene rings is 2. The lowest BCUT2D eigenvalue weighted by atomic mass is 10.1. The molecule has 0 saturated carbocycles. The predicted octanol–water partition coefficient (Wildman–Crippen LogP) is 4.17. The minimum atomic E-state index is -0.599. The summed E-state index contributed by atoms with van der Waals surface area (Å²) in [6.45, 7) is 0. The lowest BCUT2D eigenvalue weighted by Gasteiger charge is -2.11. The average Bonchev–Trinajstić information content (AvgIpc) is 2.42. The molecule has 1 unspecified atom stereocenters. The third kappa shape index (κ3) is 4.53. The second kappa shape index (κ2) is 6.94. The number of rotatable bonds is 5. The summed E-state index contributed by atoms with van der Waals surface area (Å²) < 4.78 is 13.5. The van der Waals surface area contributed by atoms with Gasteiger partial charge < -0.3 is 5.11 Å². The number of aliphatic hydroxyl groups excluding tert-OH is 1. The Kier molecular flexibility index (Phi) is 5.25. The van der Waals surface area contributed by atoms with Crippen molar-refractivity contribution in [2.45, 2.75) is 17.4 Å². The molecule has 1 N–H and O–H groups in total. The molecule has 1 atom stereocenters. The molecule has 0 aliphatic carbocycles. The Labute approximate surface area is 121 Å². The van der Waals surface area contributed by atoms with E-state index in [0.717, 1.165) is 4.90 Å². The van der Waals surface area contributed by atoms with Crippen LogP contribution in [0.2, 0.25) is 5.02 Å². The van der Waals surface area contributed by atoms with Crippen LogP contribution in [0.25, 0.3) is 0 Å². The Hall–Kier alpha value is -1.03. The molecule has 0 fully saturated rings. The van der Waals surface area contributed by atoms with Crippen molar-refractivity contribution in [1.82, 2.24) is 0 Å². The van der Waals surface area contributed by atoms with Crippen LogP contribution in [-0.2, 0) is 6.42 Å². The Balaban J connectivity index is 1.90. The van der Waals surface area contributed by atoms with Crippen molar-refractivity contribution in [3.8, 4) is 0 Å². The Morgan fingerprint density at radius 1 is 1.16 bits per heavy atom. The summed E-state index contributed by atoms with van der Waals surface area (Å²) in [7, 11) is 0. The monoisotopic (exact) mass is 296 g/mol. The van der Waals surface area contributed by atoms with E-state index in [4.69, 9.17) is 11.6 Å². The molecule has 1 nitrogen and oxygen atoms in total. The zero-order chi connectivity index (χ0) is 13.7. The van der Waals surface area contributed by atoms with Crippen molar-refractivity contribution in [2.24, 2.45) is 0 Å². The van der Waals surface area contributed by atoms with Gasteiger partial charge in [-0.2, -0.15) is 0 Å². The summed E-state index contributed by atoms with van der Waals surface area (Å²) in [5.41, 5.74) is 0.452. The molecule has 0 amide bonds. The maximum Gasteiger partial charge on any atom is 0.126 e. The van der Waals surface area contributed by atoms with Gasteiger partial charge in [0, 0.05) is 22.1 Å². The van der Waals surface area contributed by atoms with Gasteiger partial charge in [-0.3, -0.25) is 0 Å². The van der Waals surface area contributed by atoms with Gasteiger partial charge in [-0.05, 0) is 35.9 Å². The highest BCUT2D eigenvalue weighted by Gasteiger charge is 2.10. The van der Waals surface area contributed by atoms with E-state index in [1.165, 1.54) is 12.1 Å². The van der Waals surface area contributed by atoms with Crippen LogP contribution in [0, 0.1) is 5.82 Å². The van der Waals surface area contributed by atoms with Crippen molar-refractivity contribution in [2.75, 3.05) is 5.75 Å². The number of aliphatic hydroxyl groups is 1.